The summed E-state index contributed by atoms with van der Waals surface area (Å²) in [5.41, 5.74) is 17.5. The SMILES string of the molecule is Cc1cc2c(cc1N1c3cc4c(cc3B3c5c1cc1c(oc6ccccc61)c5-c1cccc5c1N3c1ccccc1S5(c1ccccc1)c1ccccc1)Sc1ccccc1S4)C(C)(C)CCC2(C)C. The van der Waals surface area contributed by atoms with E-state index in [1.54, 1.807) is 0 Å². The molecule has 0 unspecified atom stereocenters. The summed E-state index contributed by atoms with van der Waals surface area (Å²) in [7, 11) is -2.01. The second-order valence-electron chi connectivity index (χ2n) is 21.1. The number of hydrogen-bond acceptors (Lipinski definition) is 5. The van der Waals surface area contributed by atoms with E-state index >= 15 is 0 Å². The Bertz CT molecular complexity index is 3860. The number of benzene rings is 9. The maximum atomic E-state index is 7.27. The van der Waals surface area contributed by atoms with Gasteiger partial charge >= 0.3 is 6.85 Å². The molecule has 338 valence electrons. The van der Waals surface area contributed by atoms with E-state index in [9.17, 15) is 0 Å². The van der Waals surface area contributed by atoms with E-state index in [1.807, 2.05) is 23.5 Å². The summed E-state index contributed by atoms with van der Waals surface area (Å²) in [5.74, 6) is 0. The van der Waals surface area contributed by atoms with Crippen LogP contribution < -0.4 is 20.6 Å². The van der Waals surface area contributed by atoms with Gasteiger partial charge in [-0.15, -0.1) is 10.0 Å². The van der Waals surface area contributed by atoms with E-state index < -0.39 is 10.0 Å². The van der Waals surface area contributed by atoms with Crippen molar-refractivity contribution in [3.8, 4) is 11.1 Å². The van der Waals surface area contributed by atoms with Gasteiger partial charge in [0.15, 0.2) is 0 Å². The maximum absolute atomic E-state index is 7.27. The van der Waals surface area contributed by atoms with Crippen LogP contribution in [0.4, 0.5) is 28.4 Å². The molecule has 0 bridgehead atoms. The fraction of sp³-hybridized carbons (Fsp3) is 0.143. The Kier molecular flexibility index (Phi) is 8.58. The molecule has 5 aliphatic rings. The molecule has 0 spiro atoms. The van der Waals surface area contributed by atoms with Crippen molar-refractivity contribution in [1.29, 1.82) is 0 Å². The molecule has 10 aromatic rings. The minimum atomic E-state index is -2.01. The van der Waals surface area contributed by atoms with Gasteiger partial charge in [-0.05, 0) is 143 Å². The molecule has 15 rings (SSSR count). The smallest absolute Gasteiger partial charge is 0.333 e. The largest absolute Gasteiger partial charge is 0.455 e. The number of furan rings is 1. The van der Waals surface area contributed by atoms with Crippen molar-refractivity contribution in [1.82, 2.24) is 0 Å². The van der Waals surface area contributed by atoms with E-state index in [-0.39, 0.29) is 17.7 Å². The highest BCUT2D eigenvalue weighted by atomic mass is 32.3. The van der Waals surface area contributed by atoms with Gasteiger partial charge in [0.2, 0.25) is 0 Å². The van der Waals surface area contributed by atoms with Crippen LogP contribution in [-0.4, -0.2) is 6.85 Å². The predicted octanol–water partition coefficient (Wildman–Crippen LogP) is 17.2. The van der Waals surface area contributed by atoms with Crippen molar-refractivity contribution in [2.24, 2.45) is 0 Å². The minimum Gasteiger partial charge on any atom is -0.455 e. The number of hydrogen-bond donors (Lipinski definition) is 0. The van der Waals surface area contributed by atoms with Gasteiger partial charge in [-0.2, -0.15) is 0 Å². The fourth-order valence-electron chi connectivity index (χ4n) is 12.9. The third kappa shape index (κ3) is 5.43. The molecule has 0 radical (unpaired) electrons. The van der Waals surface area contributed by atoms with Crippen LogP contribution in [0.15, 0.2) is 226 Å². The number of aryl methyl sites for hydroxylation is 1. The number of rotatable bonds is 3. The Morgan fingerprint density at radius 2 is 1.14 bits per heavy atom. The standard InChI is InChI=1S/C63H49BN2OS3/c1-38-33-44-45(63(4,5)32-31-62(44,2)3)35-48(38)65-49-37-55-54(68-52-27-15-16-28-53(52)69-55)36-46(49)64-59-50(65)34-43-41-23-12-14-26-51(41)67-61(43)58(59)42-24-18-30-57-60(42)66(64)47-25-13-17-29-56(47)70(57,39-19-8-6-9-20-39)40-21-10-7-11-22-40/h6-30,33-37H,31-32H2,1-5H3. The molecule has 5 heterocycles. The molecule has 70 heavy (non-hydrogen) atoms. The molecule has 1 aromatic heterocycles. The lowest BCUT2D eigenvalue weighted by Gasteiger charge is -2.55. The summed E-state index contributed by atoms with van der Waals surface area (Å²) in [4.78, 5) is 16.1. The quantitative estimate of drug-likeness (QED) is 0.164. The average Bonchev–Trinajstić information content (AvgIpc) is 3.76. The highest BCUT2D eigenvalue weighted by Gasteiger charge is 2.53. The molecule has 7 heteroatoms. The maximum Gasteiger partial charge on any atom is 0.333 e. The summed E-state index contributed by atoms with van der Waals surface area (Å²) in [6.45, 7) is 12.0. The molecule has 3 nitrogen and oxygen atoms in total. The third-order valence-electron chi connectivity index (χ3n) is 16.3. The third-order valence-corrected chi connectivity index (χ3v) is 22.8. The number of para-hydroxylation sites is 3. The lowest BCUT2D eigenvalue weighted by Crippen LogP contribution is -2.62. The molecule has 0 saturated carbocycles. The predicted molar refractivity (Wildman–Crippen MR) is 296 cm³/mol. The van der Waals surface area contributed by atoms with Crippen molar-refractivity contribution in [3.05, 3.63) is 199 Å². The number of nitrogens with zero attached hydrogens (tertiary/aromatic N) is 2. The number of anilines is 5. The van der Waals surface area contributed by atoms with Crippen LogP contribution in [0.2, 0.25) is 0 Å². The van der Waals surface area contributed by atoms with Crippen LogP contribution in [0.3, 0.4) is 0 Å². The highest BCUT2D eigenvalue weighted by Crippen LogP contribution is 2.80. The minimum absolute atomic E-state index is 0.0316. The van der Waals surface area contributed by atoms with Crippen molar-refractivity contribution in [3.63, 3.8) is 0 Å². The van der Waals surface area contributed by atoms with Crippen LogP contribution in [0.5, 0.6) is 0 Å². The van der Waals surface area contributed by atoms with E-state index in [4.69, 9.17) is 4.42 Å². The van der Waals surface area contributed by atoms with Crippen LogP contribution >= 0.6 is 33.6 Å². The Labute approximate surface area is 420 Å². The second-order valence-corrected chi connectivity index (χ2v) is 26.3. The molecule has 0 amide bonds. The van der Waals surface area contributed by atoms with Gasteiger partial charge in [-0.25, -0.2) is 0 Å². The molecule has 9 aromatic carbocycles. The van der Waals surface area contributed by atoms with Crippen LogP contribution in [-0.2, 0) is 10.8 Å². The Morgan fingerprint density at radius 3 is 1.87 bits per heavy atom. The zero-order chi connectivity index (χ0) is 46.8. The molecular formula is C63H49BN2OS3. The van der Waals surface area contributed by atoms with Crippen LogP contribution in [0, 0.1) is 6.92 Å². The molecular weight excluding hydrogens is 908 g/mol. The summed E-state index contributed by atoms with van der Waals surface area (Å²) >= 11 is 3.83. The van der Waals surface area contributed by atoms with Crippen LogP contribution in [0.25, 0.3) is 33.1 Å². The van der Waals surface area contributed by atoms with E-state index in [0.717, 1.165) is 28.4 Å². The zero-order valence-corrected chi connectivity index (χ0v) is 42.3. The van der Waals surface area contributed by atoms with Gasteiger partial charge in [0.05, 0.1) is 5.69 Å². The Morgan fingerprint density at radius 1 is 0.529 bits per heavy atom. The van der Waals surface area contributed by atoms with Gasteiger partial charge in [0.1, 0.15) is 11.2 Å². The first-order chi connectivity index (χ1) is 34.1. The zero-order valence-electron chi connectivity index (χ0n) is 39.8. The summed E-state index contributed by atoms with van der Waals surface area (Å²) in [6, 6.07) is 69.6. The van der Waals surface area contributed by atoms with Gasteiger partial charge < -0.3 is 14.1 Å². The van der Waals surface area contributed by atoms with E-state index in [0.29, 0.717) is 0 Å². The number of fused-ring (bicyclic) bond motifs is 13. The van der Waals surface area contributed by atoms with Crippen molar-refractivity contribution in [2.75, 3.05) is 9.71 Å². The van der Waals surface area contributed by atoms with Crippen molar-refractivity contribution in [2.45, 2.75) is 97.5 Å². The average molecular weight is 957 g/mol. The highest BCUT2D eigenvalue weighted by molar-refractivity contribution is 8.34. The molecule has 4 aliphatic heterocycles. The van der Waals surface area contributed by atoms with Gasteiger partial charge in [0.25, 0.3) is 0 Å². The van der Waals surface area contributed by atoms with Crippen molar-refractivity contribution >= 4 is 102 Å². The monoisotopic (exact) mass is 956 g/mol. The molecule has 0 fully saturated rings. The first-order valence-corrected chi connectivity index (χ1v) is 27.9. The fourth-order valence-corrected chi connectivity index (χ4v) is 19.4. The Hall–Kier alpha value is -6.51. The summed E-state index contributed by atoms with van der Waals surface area (Å²) in [6.07, 6.45) is 2.33. The molecule has 0 saturated heterocycles. The second kappa shape index (κ2) is 14.5. The topological polar surface area (TPSA) is 19.6 Å². The normalized spacial score (nSPS) is 17.4. The van der Waals surface area contributed by atoms with Crippen LogP contribution in [0.1, 0.15) is 57.2 Å². The Balaban J connectivity index is 1.12. The summed E-state index contributed by atoms with van der Waals surface area (Å²) in [5, 5.41) is 2.29. The first-order valence-electron chi connectivity index (χ1n) is 24.6. The lowest BCUT2D eigenvalue weighted by molar-refractivity contribution is 0.332. The molecule has 0 N–H and O–H groups in total. The van der Waals surface area contributed by atoms with E-state index in [1.165, 1.54) is 113 Å². The molecule has 0 atom stereocenters. The summed E-state index contributed by atoms with van der Waals surface area (Å²) < 4.78 is 7.27. The first kappa shape index (κ1) is 41.3. The van der Waals surface area contributed by atoms with Crippen molar-refractivity contribution < 1.29 is 4.42 Å². The van der Waals surface area contributed by atoms with E-state index in [2.05, 4.69) is 226 Å². The van der Waals surface area contributed by atoms with Gasteiger partial charge in [-0.3, -0.25) is 0 Å². The van der Waals surface area contributed by atoms with Gasteiger partial charge in [0, 0.05) is 83.8 Å². The van der Waals surface area contributed by atoms with Gasteiger partial charge in [-0.1, -0.05) is 148 Å². The lowest BCUT2D eigenvalue weighted by atomic mass is 9.43. The molecule has 1 aliphatic carbocycles.